The molecule has 0 aromatic carbocycles. The van der Waals surface area contributed by atoms with Gasteiger partial charge in [0.2, 0.25) is 0 Å². The van der Waals surface area contributed by atoms with Crippen molar-refractivity contribution >= 4 is 11.9 Å². The fourth-order valence-electron chi connectivity index (χ4n) is 2.54. The van der Waals surface area contributed by atoms with E-state index in [1.807, 2.05) is 0 Å². The fraction of sp³-hybridized carbons (Fsp3) is 0.500. The van der Waals surface area contributed by atoms with Crippen molar-refractivity contribution in [1.29, 1.82) is 0 Å². The summed E-state index contributed by atoms with van der Waals surface area (Å²) in [7, 11) is 0. The Morgan fingerprint density at radius 3 is 2.62 bits per heavy atom. The maximum atomic E-state index is 12.4. The number of piperidine rings is 1. The summed E-state index contributed by atoms with van der Waals surface area (Å²) in [5.74, 6) is -1.75. The third-order valence-corrected chi connectivity index (χ3v) is 3.77. The van der Waals surface area contributed by atoms with Crippen LogP contribution in [0.1, 0.15) is 35.8 Å². The summed E-state index contributed by atoms with van der Waals surface area (Å²) < 4.78 is 24.8. The molecule has 1 aromatic rings. The number of carbonyl (C=O) groups is 2. The number of hydrogen-bond donors (Lipinski definition) is 1. The molecule has 0 aliphatic carbocycles. The minimum Gasteiger partial charge on any atom is -0.481 e. The van der Waals surface area contributed by atoms with Gasteiger partial charge in [-0.3, -0.25) is 14.6 Å². The second kappa shape index (κ2) is 6.15. The van der Waals surface area contributed by atoms with E-state index in [0.29, 0.717) is 19.5 Å². The van der Waals surface area contributed by atoms with Crippen molar-refractivity contribution in [3.05, 3.63) is 29.6 Å². The van der Waals surface area contributed by atoms with Crippen molar-refractivity contribution in [2.45, 2.75) is 19.8 Å². The predicted molar refractivity (Wildman–Crippen MR) is 70.0 cm³/mol. The van der Waals surface area contributed by atoms with Gasteiger partial charge in [-0.2, -0.15) is 0 Å². The summed E-state index contributed by atoms with van der Waals surface area (Å²) in [5.41, 5.74) is -0.134. The number of aliphatic carboxylic acids is 1. The first-order valence-corrected chi connectivity index (χ1v) is 6.66. The van der Waals surface area contributed by atoms with Crippen molar-refractivity contribution in [2.24, 2.45) is 11.8 Å². The highest BCUT2D eigenvalue weighted by molar-refractivity contribution is 5.94. The Morgan fingerprint density at radius 1 is 1.43 bits per heavy atom. The Labute approximate surface area is 120 Å². The van der Waals surface area contributed by atoms with E-state index >= 15 is 0 Å². The second-order valence-corrected chi connectivity index (χ2v) is 5.23. The van der Waals surface area contributed by atoms with E-state index in [2.05, 4.69) is 4.98 Å². The first-order chi connectivity index (χ1) is 9.90. The van der Waals surface area contributed by atoms with Gasteiger partial charge in [0.15, 0.2) is 0 Å². The van der Waals surface area contributed by atoms with Crippen LogP contribution in [0.2, 0.25) is 0 Å². The molecule has 21 heavy (non-hydrogen) atoms. The van der Waals surface area contributed by atoms with Gasteiger partial charge >= 0.3 is 5.97 Å². The smallest absolute Gasteiger partial charge is 0.306 e. The maximum absolute atomic E-state index is 12.4. The lowest BCUT2D eigenvalue weighted by molar-refractivity contribution is -0.145. The Morgan fingerprint density at radius 2 is 2.14 bits per heavy atom. The molecule has 0 spiro atoms. The van der Waals surface area contributed by atoms with E-state index in [1.54, 1.807) is 11.8 Å². The van der Waals surface area contributed by atoms with E-state index in [4.69, 9.17) is 5.11 Å². The number of rotatable bonds is 3. The quantitative estimate of drug-likeness (QED) is 0.928. The van der Waals surface area contributed by atoms with E-state index < -0.39 is 18.3 Å². The SMILES string of the molecule is C[C@@H]1CN(C(=O)c2ccc(C(F)F)nc2)CC[C@@H]1C(=O)O. The van der Waals surface area contributed by atoms with Gasteiger partial charge < -0.3 is 10.0 Å². The van der Waals surface area contributed by atoms with Crippen molar-refractivity contribution in [2.75, 3.05) is 13.1 Å². The molecule has 0 bridgehead atoms. The molecule has 1 aliphatic rings. The number of nitrogens with zero attached hydrogens (tertiary/aromatic N) is 2. The van der Waals surface area contributed by atoms with E-state index in [0.717, 1.165) is 12.3 Å². The summed E-state index contributed by atoms with van der Waals surface area (Å²) in [6, 6.07) is 2.45. The summed E-state index contributed by atoms with van der Waals surface area (Å²) >= 11 is 0. The van der Waals surface area contributed by atoms with E-state index in [9.17, 15) is 18.4 Å². The molecule has 0 unspecified atom stereocenters. The second-order valence-electron chi connectivity index (χ2n) is 5.23. The van der Waals surface area contributed by atoms with E-state index in [1.165, 1.54) is 6.07 Å². The number of halogens is 2. The van der Waals surface area contributed by atoms with Crippen molar-refractivity contribution < 1.29 is 23.5 Å². The van der Waals surface area contributed by atoms with Crippen LogP contribution in [-0.2, 0) is 4.79 Å². The van der Waals surface area contributed by atoms with Gasteiger partial charge in [-0.15, -0.1) is 0 Å². The van der Waals surface area contributed by atoms with Crippen LogP contribution in [0.5, 0.6) is 0 Å². The lowest BCUT2D eigenvalue weighted by Gasteiger charge is -2.34. The Balaban J connectivity index is 2.05. The number of carboxylic acid groups (broad SMARTS) is 1. The van der Waals surface area contributed by atoms with Crippen LogP contribution in [0, 0.1) is 11.8 Å². The molecule has 5 nitrogen and oxygen atoms in total. The van der Waals surface area contributed by atoms with Crippen LogP contribution in [0.3, 0.4) is 0 Å². The van der Waals surface area contributed by atoms with Gasteiger partial charge in [0, 0.05) is 19.3 Å². The average Bonchev–Trinajstić information content (AvgIpc) is 2.46. The number of aromatic nitrogens is 1. The van der Waals surface area contributed by atoms with Gasteiger partial charge in [-0.1, -0.05) is 6.92 Å². The molecular formula is C14H16F2N2O3. The standard InChI is InChI=1S/C14H16F2N2O3/c1-8-7-18(5-4-10(8)14(20)21)13(19)9-2-3-11(12(15)16)17-6-9/h2-3,6,8,10,12H,4-5,7H2,1H3,(H,20,21)/t8-,10+/m1/s1. The molecule has 2 atom stereocenters. The molecule has 1 N–H and O–H groups in total. The zero-order valence-corrected chi connectivity index (χ0v) is 11.5. The van der Waals surface area contributed by atoms with Crippen LogP contribution in [-0.4, -0.2) is 40.0 Å². The third-order valence-electron chi connectivity index (χ3n) is 3.77. The minimum absolute atomic E-state index is 0.145. The molecule has 2 heterocycles. The van der Waals surface area contributed by atoms with E-state index in [-0.39, 0.29) is 23.1 Å². The number of likely N-dealkylation sites (tertiary alicyclic amines) is 1. The largest absolute Gasteiger partial charge is 0.481 e. The van der Waals surface area contributed by atoms with Gasteiger partial charge in [-0.25, -0.2) is 8.78 Å². The molecule has 0 saturated carbocycles. The predicted octanol–water partition coefficient (Wildman–Crippen LogP) is 2.20. The monoisotopic (exact) mass is 298 g/mol. The molecule has 1 fully saturated rings. The molecule has 1 saturated heterocycles. The van der Waals surface area contributed by atoms with Gasteiger partial charge in [0.05, 0.1) is 11.5 Å². The zero-order valence-electron chi connectivity index (χ0n) is 11.5. The van der Waals surface area contributed by atoms with Crippen LogP contribution in [0.15, 0.2) is 18.3 Å². The number of carbonyl (C=O) groups excluding carboxylic acids is 1. The number of carboxylic acids is 1. The number of pyridine rings is 1. The fourth-order valence-corrected chi connectivity index (χ4v) is 2.54. The molecular weight excluding hydrogens is 282 g/mol. The molecule has 1 amide bonds. The molecule has 114 valence electrons. The highest BCUT2D eigenvalue weighted by Crippen LogP contribution is 2.25. The topological polar surface area (TPSA) is 70.5 Å². The van der Waals surface area contributed by atoms with Crippen LogP contribution < -0.4 is 0 Å². The molecule has 1 aromatic heterocycles. The van der Waals surface area contributed by atoms with Crippen molar-refractivity contribution in [1.82, 2.24) is 9.88 Å². The number of hydrogen-bond acceptors (Lipinski definition) is 3. The minimum atomic E-state index is -2.67. The summed E-state index contributed by atoms with van der Waals surface area (Å²) in [5, 5.41) is 9.05. The normalized spacial score (nSPS) is 22.4. The lowest BCUT2D eigenvalue weighted by Crippen LogP contribution is -2.45. The van der Waals surface area contributed by atoms with Crippen LogP contribution in [0.4, 0.5) is 8.78 Å². The molecule has 0 radical (unpaired) electrons. The number of alkyl halides is 2. The average molecular weight is 298 g/mol. The van der Waals surface area contributed by atoms with Crippen molar-refractivity contribution in [3.8, 4) is 0 Å². The lowest BCUT2D eigenvalue weighted by atomic mass is 9.87. The van der Waals surface area contributed by atoms with Crippen LogP contribution >= 0.6 is 0 Å². The molecule has 2 rings (SSSR count). The Hall–Kier alpha value is -2.05. The highest BCUT2D eigenvalue weighted by Gasteiger charge is 2.33. The summed E-state index contributed by atoms with van der Waals surface area (Å²) in [4.78, 5) is 28.4. The maximum Gasteiger partial charge on any atom is 0.306 e. The van der Waals surface area contributed by atoms with Crippen LogP contribution in [0.25, 0.3) is 0 Å². The third kappa shape index (κ3) is 3.34. The number of amides is 1. The van der Waals surface area contributed by atoms with Gasteiger partial charge in [0.25, 0.3) is 12.3 Å². The molecule has 7 heteroatoms. The summed E-state index contributed by atoms with van der Waals surface area (Å²) in [6.07, 6.45) is -1.14. The molecule has 1 aliphatic heterocycles. The van der Waals surface area contributed by atoms with Gasteiger partial charge in [-0.05, 0) is 24.5 Å². The van der Waals surface area contributed by atoms with Gasteiger partial charge in [0.1, 0.15) is 5.69 Å². The first kappa shape index (κ1) is 15.3. The first-order valence-electron chi connectivity index (χ1n) is 6.66. The summed E-state index contributed by atoms with van der Waals surface area (Å²) in [6.45, 7) is 2.47. The highest BCUT2D eigenvalue weighted by atomic mass is 19.3. The Kier molecular flexibility index (Phi) is 4.50. The zero-order chi connectivity index (χ0) is 15.6. The van der Waals surface area contributed by atoms with Crippen molar-refractivity contribution in [3.63, 3.8) is 0 Å². The Bertz CT molecular complexity index is 534.